The summed E-state index contributed by atoms with van der Waals surface area (Å²) >= 11 is 1.25. The van der Waals surface area contributed by atoms with Crippen LogP contribution in [0.2, 0.25) is 0 Å². The minimum atomic E-state index is -1.72. The topological polar surface area (TPSA) is 167 Å². The van der Waals surface area contributed by atoms with Gasteiger partial charge in [-0.05, 0) is 93.6 Å². The zero-order valence-corrected chi connectivity index (χ0v) is 41.7. The maximum Gasteiger partial charge on any atom is 0.263 e. The van der Waals surface area contributed by atoms with Crippen LogP contribution in [0.15, 0.2) is 122 Å². The second-order valence-corrected chi connectivity index (χ2v) is 19.0. The first-order valence-corrected chi connectivity index (χ1v) is 25.0. The standard InChI is InChI=1S/C51H61N6O10PS/c1-35(2)57(36(3)4)68(65-28-14-15-29-69-34-58)67-46-43(30-64-51(37-16-10-8-11-17-37,38-20-24-40(60-5)25-21-38)39-22-26-41(61-6)27-23-39)66-50(47(46)62-7)56-33-54-45-48(52-32-53-49(45)56)55-44(59)31-63-42-18-12-9-13-19-42/h8-13,16-27,32-36,43,46-47,50H,14-15,28-31H2,1-7H3,(H,52,53,55,59). The van der Waals surface area contributed by atoms with Crippen molar-refractivity contribution in [3.8, 4) is 17.2 Å². The Morgan fingerprint density at radius 1 is 0.812 bits per heavy atom. The van der Waals surface area contributed by atoms with Crippen molar-refractivity contribution in [1.82, 2.24) is 24.2 Å². The van der Waals surface area contributed by atoms with Crippen molar-refractivity contribution in [1.29, 1.82) is 0 Å². The molecule has 69 heavy (non-hydrogen) atoms. The highest BCUT2D eigenvalue weighted by atomic mass is 32.2. The number of rotatable bonds is 26. The molecule has 6 aromatic rings. The van der Waals surface area contributed by atoms with Crippen molar-refractivity contribution >= 4 is 48.8 Å². The van der Waals surface area contributed by atoms with Crippen LogP contribution in [0.5, 0.6) is 17.2 Å². The van der Waals surface area contributed by atoms with Crippen LogP contribution in [0.3, 0.4) is 0 Å². The number of benzene rings is 4. The molecule has 1 N–H and O–H groups in total. The fourth-order valence-electron chi connectivity index (χ4n) is 8.40. The van der Waals surface area contributed by atoms with Crippen LogP contribution in [0.25, 0.3) is 11.2 Å². The van der Waals surface area contributed by atoms with Gasteiger partial charge >= 0.3 is 0 Å². The molecule has 1 aliphatic heterocycles. The highest BCUT2D eigenvalue weighted by Gasteiger charge is 2.51. The van der Waals surface area contributed by atoms with Crippen LogP contribution in [0, 0.1) is 0 Å². The average Bonchev–Trinajstić information content (AvgIpc) is 3.96. The molecule has 18 heteroatoms. The summed E-state index contributed by atoms with van der Waals surface area (Å²) in [5.74, 6) is 2.45. The maximum absolute atomic E-state index is 13.1. The molecule has 1 amide bonds. The molecule has 2 aromatic heterocycles. The largest absolute Gasteiger partial charge is 0.497 e. The molecule has 366 valence electrons. The van der Waals surface area contributed by atoms with Crippen molar-refractivity contribution in [3.63, 3.8) is 0 Å². The number of carbonyl (C=O) groups excluding carboxylic acids is 2. The Labute approximate surface area is 409 Å². The summed E-state index contributed by atoms with van der Waals surface area (Å²) in [5.41, 5.74) is 2.99. The van der Waals surface area contributed by atoms with Crippen molar-refractivity contribution in [2.45, 2.75) is 82.8 Å². The van der Waals surface area contributed by atoms with E-state index in [1.807, 2.05) is 97.1 Å². The van der Waals surface area contributed by atoms with Gasteiger partial charge in [-0.1, -0.05) is 84.6 Å². The predicted molar refractivity (Wildman–Crippen MR) is 267 cm³/mol. The molecular formula is C51H61N6O10PS. The van der Waals surface area contributed by atoms with Gasteiger partial charge in [-0.15, -0.1) is 0 Å². The van der Waals surface area contributed by atoms with Gasteiger partial charge in [0.25, 0.3) is 14.4 Å². The van der Waals surface area contributed by atoms with Gasteiger partial charge in [0.15, 0.2) is 35.4 Å². The van der Waals surface area contributed by atoms with E-state index in [0.29, 0.717) is 40.8 Å². The molecule has 1 fully saturated rings. The van der Waals surface area contributed by atoms with Crippen LogP contribution in [-0.4, -0.2) is 113 Å². The predicted octanol–water partition coefficient (Wildman–Crippen LogP) is 9.23. The highest BCUT2D eigenvalue weighted by molar-refractivity contribution is 8.11. The van der Waals surface area contributed by atoms with Gasteiger partial charge in [-0.2, -0.15) is 0 Å². The van der Waals surface area contributed by atoms with Gasteiger partial charge in [-0.25, -0.2) is 19.6 Å². The van der Waals surface area contributed by atoms with E-state index in [9.17, 15) is 9.59 Å². The molecule has 0 bridgehead atoms. The lowest BCUT2D eigenvalue weighted by molar-refractivity contribution is -0.118. The van der Waals surface area contributed by atoms with E-state index >= 15 is 0 Å². The summed E-state index contributed by atoms with van der Waals surface area (Å²) in [6.45, 7) is 8.65. The van der Waals surface area contributed by atoms with E-state index in [0.717, 1.165) is 35.2 Å². The lowest BCUT2D eigenvalue weighted by atomic mass is 9.80. The van der Waals surface area contributed by atoms with E-state index < -0.39 is 44.6 Å². The van der Waals surface area contributed by atoms with Crippen LogP contribution in [0.1, 0.15) is 63.5 Å². The Bertz CT molecular complexity index is 2470. The quantitative estimate of drug-likeness (QED) is 0.0236. The molecular weight excluding hydrogens is 920 g/mol. The van der Waals surface area contributed by atoms with E-state index in [1.165, 1.54) is 18.1 Å². The lowest BCUT2D eigenvalue weighted by Crippen LogP contribution is -2.42. The molecule has 0 saturated carbocycles. The van der Waals surface area contributed by atoms with Gasteiger partial charge in [0.1, 0.15) is 47.5 Å². The SMILES string of the molecule is COc1ccc(C(OCC2OC(n3cnc4c(NC(=O)COc5ccccc5)ncnc43)C(OC)C2OP(OCCCCSC=O)N(C(C)C)C(C)C)(c2ccccc2)c2ccc(OC)cc2)cc1. The fourth-order valence-corrected chi connectivity index (χ4v) is 10.7. The van der Waals surface area contributed by atoms with Crippen LogP contribution in [0.4, 0.5) is 5.82 Å². The zero-order chi connectivity index (χ0) is 48.8. The second-order valence-electron chi connectivity index (χ2n) is 16.7. The number of aromatic nitrogens is 4. The molecule has 0 radical (unpaired) electrons. The number of methoxy groups -OCH3 is 3. The molecule has 5 unspecified atom stereocenters. The fraction of sp³-hybridized carbons (Fsp3) is 0.392. The smallest absolute Gasteiger partial charge is 0.263 e. The molecule has 4 aromatic carbocycles. The number of nitrogens with one attached hydrogen (secondary N) is 1. The molecule has 0 spiro atoms. The Kier molecular flexibility index (Phi) is 18.5. The van der Waals surface area contributed by atoms with Crippen molar-refractivity contribution < 1.29 is 47.1 Å². The van der Waals surface area contributed by atoms with Crippen molar-refractivity contribution in [3.05, 3.63) is 139 Å². The molecule has 7 rings (SSSR count). The Hall–Kier alpha value is -5.49. The number of hydrogen-bond donors (Lipinski definition) is 1. The van der Waals surface area contributed by atoms with Crippen molar-refractivity contribution in [2.24, 2.45) is 0 Å². The van der Waals surface area contributed by atoms with Gasteiger partial charge in [0.05, 0.1) is 33.8 Å². The Morgan fingerprint density at radius 3 is 2.03 bits per heavy atom. The number of ether oxygens (including phenoxy) is 6. The number of thioether (sulfide) groups is 1. The number of unbranched alkanes of at least 4 members (excludes halogenated alkanes) is 1. The van der Waals surface area contributed by atoms with Crippen LogP contribution >= 0.6 is 20.3 Å². The zero-order valence-electron chi connectivity index (χ0n) is 40.0. The van der Waals surface area contributed by atoms with Gasteiger partial charge in [-0.3, -0.25) is 14.2 Å². The minimum absolute atomic E-state index is 0.00770. The van der Waals surface area contributed by atoms with Gasteiger partial charge < -0.3 is 42.8 Å². The first-order chi connectivity index (χ1) is 33.6. The normalized spacial score (nSPS) is 17.7. The van der Waals surface area contributed by atoms with Gasteiger partial charge in [0.2, 0.25) is 0 Å². The van der Waals surface area contributed by atoms with E-state index in [1.54, 1.807) is 44.4 Å². The first-order valence-electron chi connectivity index (χ1n) is 22.9. The summed E-state index contributed by atoms with van der Waals surface area (Å²) in [5, 5.41) is 2.83. The molecule has 16 nitrogen and oxygen atoms in total. The third-order valence-corrected chi connectivity index (χ3v) is 14.4. The van der Waals surface area contributed by atoms with E-state index in [4.69, 9.17) is 42.5 Å². The van der Waals surface area contributed by atoms with E-state index in [2.05, 4.69) is 47.7 Å². The number of para-hydroxylation sites is 1. The summed E-state index contributed by atoms with van der Waals surface area (Å²) in [4.78, 5) is 37.9. The Balaban J connectivity index is 1.28. The molecule has 1 aliphatic rings. The molecule has 0 aliphatic carbocycles. The Morgan fingerprint density at radius 2 is 1.43 bits per heavy atom. The first kappa shape index (κ1) is 51.4. The van der Waals surface area contributed by atoms with E-state index in [-0.39, 0.29) is 31.1 Å². The number of nitrogens with zero attached hydrogens (tertiary/aromatic N) is 5. The lowest BCUT2D eigenvalue weighted by Gasteiger charge is -2.39. The average molecular weight is 981 g/mol. The monoisotopic (exact) mass is 980 g/mol. The summed E-state index contributed by atoms with van der Waals surface area (Å²) in [6.07, 6.45) is 1.35. The second kappa shape index (κ2) is 24.9. The number of fused-ring (bicyclic) bond motifs is 1. The third kappa shape index (κ3) is 12.3. The molecule has 5 atom stereocenters. The summed E-state index contributed by atoms with van der Waals surface area (Å²) in [6, 6.07) is 34.9. The van der Waals surface area contributed by atoms with Crippen LogP contribution < -0.4 is 19.5 Å². The van der Waals surface area contributed by atoms with Gasteiger partial charge in [0, 0.05) is 24.9 Å². The van der Waals surface area contributed by atoms with Crippen molar-refractivity contribution in [2.75, 3.05) is 52.2 Å². The number of imidazole rings is 1. The maximum atomic E-state index is 13.1. The molecule has 1 saturated heterocycles. The number of hydrogen-bond acceptors (Lipinski definition) is 15. The number of amides is 1. The summed E-state index contributed by atoms with van der Waals surface area (Å²) in [7, 11) is 3.17. The number of carbonyl (C=O) groups is 2. The highest BCUT2D eigenvalue weighted by Crippen LogP contribution is 2.51. The third-order valence-electron chi connectivity index (χ3n) is 11.6. The minimum Gasteiger partial charge on any atom is -0.497 e. The summed E-state index contributed by atoms with van der Waals surface area (Å²) < 4.78 is 55.8. The number of anilines is 1. The molecule has 3 heterocycles. The van der Waals surface area contributed by atoms with Crippen LogP contribution in [-0.2, 0) is 38.4 Å².